The fourth-order valence-electron chi connectivity index (χ4n) is 4.50. The molecule has 0 fully saturated rings. The third kappa shape index (κ3) is 5.88. The molecule has 186 valence electrons. The summed E-state index contributed by atoms with van der Waals surface area (Å²) in [5.41, 5.74) is 3.28. The van der Waals surface area contributed by atoms with Crippen LogP contribution >= 0.6 is 0 Å². The van der Waals surface area contributed by atoms with Gasteiger partial charge in [0.15, 0.2) is 0 Å². The highest BCUT2D eigenvalue weighted by Crippen LogP contribution is 2.27. The number of hydrogen-bond donors (Lipinski definition) is 2. The third-order valence-electron chi connectivity index (χ3n) is 6.16. The monoisotopic (exact) mass is 500 g/mol. The first-order chi connectivity index (χ1) is 16.4. The number of carbonyl (C=O) groups is 2. The quantitative estimate of drug-likeness (QED) is 0.658. The zero-order chi connectivity index (χ0) is 25.4. The van der Waals surface area contributed by atoms with Crippen LogP contribution in [0.15, 0.2) is 48.5 Å². The molecule has 3 amide bonds. The number of halogens is 1. The first-order valence-corrected chi connectivity index (χ1v) is 13.2. The van der Waals surface area contributed by atoms with Crippen LogP contribution in [-0.2, 0) is 27.9 Å². The van der Waals surface area contributed by atoms with Gasteiger partial charge in [0.25, 0.3) is 0 Å². The predicted octanol–water partition coefficient (Wildman–Crippen LogP) is 3.32. The average molecular weight is 501 g/mol. The zero-order valence-electron chi connectivity index (χ0n) is 20.0. The molecule has 2 aromatic rings. The highest BCUT2D eigenvalue weighted by atomic mass is 32.2. The second-order valence-electron chi connectivity index (χ2n) is 9.51. The van der Waals surface area contributed by atoms with Gasteiger partial charge in [-0.25, -0.2) is 22.3 Å². The van der Waals surface area contributed by atoms with Crippen molar-refractivity contribution in [1.29, 1.82) is 0 Å². The Bertz CT molecular complexity index is 1290. The lowest BCUT2D eigenvalue weighted by Crippen LogP contribution is -2.56. The van der Waals surface area contributed by atoms with E-state index in [2.05, 4.69) is 10.0 Å². The smallest absolute Gasteiger partial charge is 0.322 e. The lowest BCUT2D eigenvalue weighted by molar-refractivity contribution is -0.135. The number of nitrogens with zero attached hydrogens (tertiary/aromatic N) is 2. The highest BCUT2D eigenvalue weighted by molar-refractivity contribution is 7.88. The van der Waals surface area contributed by atoms with Crippen molar-refractivity contribution in [2.24, 2.45) is 0 Å². The first-order valence-electron chi connectivity index (χ1n) is 11.3. The van der Waals surface area contributed by atoms with E-state index in [0.717, 1.165) is 28.5 Å². The molecule has 2 aliphatic rings. The van der Waals surface area contributed by atoms with E-state index in [1.807, 2.05) is 30.3 Å². The van der Waals surface area contributed by atoms with E-state index in [-0.39, 0.29) is 17.8 Å². The molecule has 2 heterocycles. The molecule has 10 heteroatoms. The molecule has 2 N–H and O–H groups in total. The summed E-state index contributed by atoms with van der Waals surface area (Å²) in [5.74, 6) is -0.580. The molecule has 0 radical (unpaired) electrons. The van der Waals surface area contributed by atoms with E-state index in [0.29, 0.717) is 38.3 Å². The van der Waals surface area contributed by atoms with Crippen LogP contribution in [0.2, 0.25) is 0 Å². The minimum Gasteiger partial charge on any atom is -0.337 e. The maximum absolute atomic E-state index is 13.4. The summed E-state index contributed by atoms with van der Waals surface area (Å²) in [5, 5.41) is 2.89. The Kier molecular flexibility index (Phi) is 6.70. The topological polar surface area (TPSA) is 98.8 Å². The van der Waals surface area contributed by atoms with Crippen molar-refractivity contribution in [3.8, 4) is 0 Å². The van der Waals surface area contributed by atoms with Crippen molar-refractivity contribution in [2.45, 2.75) is 38.9 Å². The van der Waals surface area contributed by atoms with Crippen LogP contribution in [-0.4, -0.2) is 55.0 Å². The molecular formula is C25H29FN4O4S. The molecule has 0 unspecified atom stereocenters. The number of hydrogen-bond acceptors (Lipinski definition) is 4. The lowest BCUT2D eigenvalue weighted by Gasteiger charge is -2.34. The van der Waals surface area contributed by atoms with Crippen LogP contribution < -0.4 is 10.0 Å². The number of urea groups is 1. The Hall–Kier alpha value is -3.24. The van der Waals surface area contributed by atoms with Crippen molar-refractivity contribution in [1.82, 2.24) is 14.5 Å². The van der Waals surface area contributed by atoms with Gasteiger partial charge in [-0.15, -0.1) is 0 Å². The van der Waals surface area contributed by atoms with Crippen LogP contribution in [0.1, 0.15) is 37.0 Å². The normalized spacial score (nSPS) is 16.1. The highest BCUT2D eigenvalue weighted by Gasteiger charge is 2.35. The van der Waals surface area contributed by atoms with Crippen LogP contribution in [0.5, 0.6) is 0 Å². The van der Waals surface area contributed by atoms with Gasteiger partial charge in [-0.05, 0) is 66.8 Å². The Morgan fingerprint density at radius 1 is 1.00 bits per heavy atom. The molecule has 0 atom stereocenters. The lowest BCUT2D eigenvalue weighted by atomic mass is 9.97. The molecule has 0 aliphatic carbocycles. The summed E-state index contributed by atoms with van der Waals surface area (Å²) in [6, 6.07) is 11.8. The van der Waals surface area contributed by atoms with Crippen LogP contribution in [0.3, 0.4) is 0 Å². The number of carbonyl (C=O) groups excluding carboxylic acids is 2. The van der Waals surface area contributed by atoms with E-state index in [4.69, 9.17) is 0 Å². The van der Waals surface area contributed by atoms with Crippen LogP contribution in [0.25, 0.3) is 5.57 Å². The molecular weight excluding hydrogens is 471 g/mol. The van der Waals surface area contributed by atoms with Crippen molar-refractivity contribution < 1.29 is 22.4 Å². The SMILES string of the molecule is CC(C)(NS(C)(=O)=O)C(=O)N1CC=C(c2ccc(NC(=O)N3Cc4ccc(F)cc4C3)cc2)CC1. The van der Waals surface area contributed by atoms with E-state index in [9.17, 15) is 22.4 Å². The molecule has 0 spiro atoms. The minimum atomic E-state index is -3.51. The number of sulfonamides is 1. The van der Waals surface area contributed by atoms with Crippen LogP contribution in [0, 0.1) is 5.82 Å². The largest absolute Gasteiger partial charge is 0.337 e. The standard InChI is InChI=1S/C25H29FN4O4S/c1-25(2,28-35(3,33)34)23(31)29-12-10-18(11-13-29)17-5-8-22(9-6-17)27-24(32)30-15-19-4-7-21(26)14-20(19)16-30/h4-10,14,28H,11-13,15-16H2,1-3H3,(H,27,32). The average Bonchev–Trinajstić information content (AvgIpc) is 3.21. The molecule has 4 rings (SSSR count). The maximum Gasteiger partial charge on any atom is 0.322 e. The van der Waals surface area contributed by atoms with E-state index in [1.165, 1.54) is 12.1 Å². The summed E-state index contributed by atoms with van der Waals surface area (Å²) in [7, 11) is -3.51. The number of amides is 3. The predicted molar refractivity (Wildman–Crippen MR) is 132 cm³/mol. The van der Waals surface area contributed by atoms with Gasteiger partial charge in [-0.3, -0.25) is 4.79 Å². The van der Waals surface area contributed by atoms with Gasteiger partial charge in [0, 0.05) is 31.9 Å². The van der Waals surface area contributed by atoms with Crippen molar-refractivity contribution in [2.75, 3.05) is 24.7 Å². The molecule has 0 bridgehead atoms. The maximum atomic E-state index is 13.4. The van der Waals surface area contributed by atoms with Crippen molar-refractivity contribution in [3.63, 3.8) is 0 Å². The fourth-order valence-corrected chi connectivity index (χ4v) is 5.51. The Morgan fingerprint density at radius 2 is 1.69 bits per heavy atom. The Morgan fingerprint density at radius 3 is 2.31 bits per heavy atom. The number of anilines is 1. The van der Waals surface area contributed by atoms with Gasteiger partial charge < -0.3 is 15.1 Å². The summed E-state index contributed by atoms with van der Waals surface area (Å²) >= 11 is 0. The summed E-state index contributed by atoms with van der Waals surface area (Å²) in [4.78, 5) is 28.7. The molecule has 8 nitrogen and oxygen atoms in total. The van der Waals surface area contributed by atoms with Gasteiger partial charge in [-0.1, -0.05) is 24.3 Å². The third-order valence-corrected chi connectivity index (χ3v) is 7.04. The Balaban J connectivity index is 1.34. The second kappa shape index (κ2) is 9.43. The molecule has 2 aromatic carbocycles. The molecule has 0 saturated carbocycles. The van der Waals surface area contributed by atoms with E-state index in [1.54, 1.807) is 29.7 Å². The minimum absolute atomic E-state index is 0.245. The molecule has 0 aromatic heterocycles. The molecule has 0 saturated heterocycles. The van der Waals surface area contributed by atoms with Gasteiger partial charge in [0.1, 0.15) is 11.4 Å². The van der Waals surface area contributed by atoms with Gasteiger partial charge in [-0.2, -0.15) is 0 Å². The number of fused-ring (bicyclic) bond motifs is 1. The zero-order valence-corrected chi connectivity index (χ0v) is 20.8. The number of nitrogens with one attached hydrogen (secondary N) is 2. The van der Waals surface area contributed by atoms with E-state index >= 15 is 0 Å². The fraction of sp³-hybridized carbons (Fsp3) is 0.360. The van der Waals surface area contributed by atoms with E-state index < -0.39 is 15.6 Å². The van der Waals surface area contributed by atoms with Gasteiger partial charge >= 0.3 is 6.03 Å². The first kappa shape index (κ1) is 24.9. The van der Waals surface area contributed by atoms with Crippen molar-refractivity contribution in [3.05, 3.63) is 71.0 Å². The summed E-state index contributed by atoms with van der Waals surface area (Å²) < 4.78 is 39.0. The van der Waals surface area contributed by atoms with Crippen molar-refractivity contribution >= 4 is 33.2 Å². The summed E-state index contributed by atoms with van der Waals surface area (Å²) in [6.07, 6.45) is 3.63. The van der Waals surface area contributed by atoms with Gasteiger partial charge in [0.2, 0.25) is 15.9 Å². The second-order valence-corrected chi connectivity index (χ2v) is 11.3. The molecule has 2 aliphatic heterocycles. The summed E-state index contributed by atoms with van der Waals surface area (Å²) in [6.45, 7) is 4.79. The van der Waals surface area contributed by atoms with Gasteiger partial charge in [0.05, 0.1) is 6.26 Å². The Labute approximate surface area is 204 Å². The number of benzene rings is 2. The molecule has 35 heavy (non-hydrogen) atoms. The number of rotatable bonds is 5. The van der Waals surface area contributed by atoms with Crippen LogP contribution in [0.4, 0.5) is 14.9 Å².